The van der Waals surface area contributed by atoms with Crippen molar-refractivity contribution in [3.63, 3.8) is 0 Å². The molecular weight excluding hydrogens is 458 g/mol. The highest BCUT2D eigenvalue weighted by molar-refractivity contribution is 6.34. The van der Waals surface area contributed by atoms with Gasteiger partial charge in [0.2, 0.25) is 5.91 Å². The van der Waals surface area contributed by atoms with Crippen molar-refractivity contribution in [3.8, 4) is 0 Å². The van der Waals surface area contributed by atoms with E-state index < -0.39 is 0 Å². The zero-order valence-corrected chi connectivity index (χ0v) is 21.7. The molecule has 1 atom stereocenters. The molecule has 3 aromatic carbocycles. The Balaban J connectivity index is 1.89. The first kappa shape index (κ1) is 26.3. The molecule has 3 rings (SSSR count). The van der Waals surface area contributed by atoms with Crippen LogP contribution in [0.1, 0.15) is 54.1 Å². The molecule has 0 saturated carbocycles. The molecule has 35 heavy (non-hydrogen) atoms. The molecule has 0 bridgehead atoms. The van der Waals surface area contributed by atoms with Crippen LogP contribution in [0.3, 0.4) is 0 Å². The number of nitrogens with one attached hydrogen (secondary N) is 1. The molecule has 0 aliphatic carbocycles. The topological polar surface area (TPSA) is 52.7 Å². The molecule has 0 aromatic heterocycles. The van der Waals surface area contributed by atoms with Gasteiger partial charge in [0.05, 0.1) is 16.5 Å². The standard InChI is InChI=1S/C29H34ClN3O2/c1-5-18-33(29(35)24(6-2)21-12-8-7-9-13-21)20-22-19-23(16-17-27(22)32(3)4)31-28(34)25-14-10-11-15-26(25)30/h7-17,19,24H,5-6,18,20H2,1-4H3,(H,31,34). The number of hydrogen-bond acceptors (Lipinski definition) is 3. The van der Waals surface area contributed by atoms with Crippen LogP contribution in [0.4, 0.5) is 11.4 Å². The lowest BCUT2D eigenvalue weighted by Gasteiger charge is -2.29. The number of nitrogens with zero attached hydrogens (tertiary/aromatic N) is 2. The maximum atomic E-state index is 13.7. The Labute approximate surface area is 213 Å². The minimum absolute atomic E-state index is 0.121. The average Bonchev–Trinajstić information content (AvgIpc) is 2.85. The summed E-state index contributed by atoms with van der Waals surface area (Å²) in [6.45, 7) is 5.25. The monoisotopic (exact) mass is 491 g/mol. The Morgan fingerprint density at radius 2 is 1.63 bits per heavy atom. The molecule has 2 amide bonds. The summed E-state index contributed by atoms with van der Waals surface area (Å²) in [7, 11) is 3.96. The van der Waals surface area contributed by atoms with Gasteiger partial charge in [-0.05, 0) is 54.3 Å². The number of carbonyl (C=O) groups excluding carboxylic acids is 2. The predicted molar refractivity (Wildman–Crippen MR) is 145 cm³/mol. The first-order valence-electron chi connectivity index (χ1n) is 12.1. The van der Waals surface area contributed by atoms with Crippen molar-refractivity contribution in [1.29, 1.82) is 0 Å². The lowest BCUT2D eigenvalue weighted by Crippen LogP contribution is -2.35. The molecule has 0 saturated heterocycles. The van der Waals surface area contributed by atoms with Crippen molar-refractivity contribution in [2.24, 2.45) is 0 Å². The molecule has 1 N–H and O–H groups in total. The summed E-state index contributed by atoms with van der Waals surface area (Å²) >= 11 is 6.20. The quantitative estimate of drug-likeness (QED) is 0.348. The van der Waals surface area contributed by atoms with Crippen LogP contribution in [0.5, 0.6) is 0 Å². The second-order valence-electron chi connectivity index (χ2n) is 8.80. The van der Waals surface area contributed by atoms with Crippen molar-refractivity contribution in [3.05, 3.63) is 94.5 Å². The van der Waals surface area contributed by atoms with E-state index in [1.54, 1.807) is 24.3 Å². The number of anilines is 2. The molecule has 0 fully saturated rings. The van der Waals surface area contributed by atoms with Crippen molar-refractivity contribution in [2.45, 2.75) is 39.2 Å². The van der Waals surface area contributed by atoms with Crippen LogP contribution < -0.4 is 10.2 Å². The maximum Gasteiger partial charge on any atom is 0.257 e. The van der Waals surface area contributed by atoms with Crippen molar-refractivity contribution < 1.29 is 9.59 Å². The molecule has 0 heterocycles. The SMILES string of the molecule is CCCN(Cc1cc(NC(=O)c2ccccc2Cl)ccc1N(C)C)C(=O)C(CC)c1ccccc1. The van der Waals surface area contributed by atoms with Crippen LogP contribution in [0.15, 0.2) is 72.8 Å². The fourth-order valence-corrected chi connectivity index (χ4v) is 4.49. The lowest BCUT2D eigenvalue weighted by atomic mass is 9.94. The van der Waals surface area contributed by atoms with Gasteiger partial charge in [-0.1, -0.05) is 67.9 Å². The summed E-state index contributed by atoms with van der Waals surface area (Å²) in [4.78, 5) is 30.4. The molecule has 0 spiro atoms. The third-order valence-electron chi connectivity index (χ3n) is 6.01. The van der Waals surface area contributed by atoms with Crippen LogP contribution >= 0.6 is 11.6 Å². The van der Waals surface area contributed by atoms with Crippen LogP contribution in [0.2, 0.25) is 5.02 Å². The molecule has 0 radical (unpaired) electrons. The van der Waals surface area contributed by atoms with Gasteiger partial charge < -0.3 is 15.1 Å². The summed E-state index contributed by atoms with van der Waals surface area (Å²) in [6.07, 6.45) is 1.59. The first-order chi connectivity index (χ1) is 16.8. The van der Waals surface area contributed by atoms with Crippen LogP contribution in [-0.2, 0) is 11.3 Å². The largest absolute Gasteiger partial charge is 0.377 e. The summed E-state index contributed by atoms with van der Waals surface area (Å²) in [5.41, 5.74) is 4.09. The van der Waals surface area contributed by atoms with Gasteiger partial charge in [0, 0.05) is 38.6 Å². The number of carbonyl (C=O) groups is 2. The Morgan fingerprint density at radius 1 is 0.943 bits per heavy atom. The van der Waals surface area contributed by atoms with E-state index in [0.717, 1.165) is 29.7 Å². The lowest BCUT2D eigenvalue weighted by molar-refractivity contribution is -0.133. The highest BCUT2D eigenvalue weighted by atomic mass is 35.5. The third kappa shape index (κ3) is 6.64. The van der Waals surface area contributed by atoms with E-state index in [4.69, 9.17) is 11.6 Å². The van der Waals surface area contributed by atoms with E-state index in [0.29, 0.717) is 29.4 Å². The summed E-state index contributed by atoms with van der Waals surface area (Å²) < 4.78 is 0. The second-order valence-corrected chi connectivity index (χ2v) is 9.21. The average molecular weight is 492 g/mol. The summed E-state index contributed by atoms with van der Waals surface area (Å²) in [6, 6.07) is 22.7. The minimum atomic E-state index is -0.268. The number of benzene rings is 3. The molecule has 6 heteroatoms. The van der Waals surface area contributed by atoms with Crippen LogP contribution in [0, 0.1) is 0 Å². The van der Waals surface area contributed by atoms with E-state index in [1.807, 2.05) is 72.4 Å². The van der Waals surface area contributed by atoms with Gasteiger partial charge in [0.1, 0.15) is 0 Å². The summed E-state index contributed by atoms with van der Waals surface area (Å²) in [5.74, 6) is -0.333. The molecule has 1 unspecified atom stereocenters. The van der Waals surface area contributed by atoms with Gasteiger partial charge >= 0.3 is 0 Å². The number of hydrogen-bond donors (Lipinski definition) is 1. The molecule has 0 aliphatic rings. The Kier molecular flexibility index (Phi) is 9.32. The third-order valence-corrected chi connectivity index (χ3v) is 6.34. The van der Waals surface area contributed by atoms with Gasteiger partial charge in [-0.25, -0.2) is 0 Å². The van der Waals surface area contributed by atoms with E-state index in [1.165, 1.54) is 0 Å². The van der Waals surface area contributed by atoms with Gasteiger partial charge in [0.15, 0.2) is 0 Å². The number of amides is 2. The number of halogens is 1. The van der Waals surface area contributed by atoms with E-state index in [9.17, 15) is 9.59 Å². The number of rotatable bonds is 10. The minimum Gasteiger partial charge on any atom is -0.377 e. The molecule has 184 valence electrons. The van der Waals surface area contributed by atoms with E-state index in [2.05, 4.69) is 19.2 Å². The fourth-order valence-electron chi connectivity index (χ4n) is 4.27. The Hall–Kier alpha value is -3.31. The predicted octanol–water partition coefficient (Wildman–Crippen LogP) is 6.59. The van der Waals surface area contributed by atoms with Gasteiger partial charge in [-0.15, -0.1) is 0 Å². The van der Waals surface area contributed by atoms with Gasteiger partial charge in [0.25, 0.3) is 5.91 Å². The fraction of sp³-hybridized carbons (Fsp3) is 0.310. The Bertz CT molecular complexity index is 1150. The maximum absolute atomic E-state index is 13.7. The van der Waals surface area contributed by atoms with E-state index >= 15 is 0 Å². The molecule has 5 nitrogen and oxygen atoms in total. The zero-order chi connectivity index (χ0) is 25.4. The van der Waals surface area contributed by atoms with Crippen LogP contribution in [-0.4, -0.2) is 37.4 Å². The zero-order valence-electron chi connectivity index (χ0n) is 20.9. The van der Waals surface area contributed by atoms with Crippen molar-refractivity contribution in [2.75, 3.05) is 30.9 Å². The highest BCUT2D eigenvalue weighted by Gasteiger charge is 2.25. The smallest absolute Gasteiger partial charge is 0.257 e. The van der Waals surface area contributed by atoms with Crippen molar-refractivity contribution in [1.82, 2.24) is 4.90 Å². The molecular formula is C29H34ClN3O2. The van der Waals surface area contributed by atoms with Gasteiger partial charge in [-0.2, -0.15) is 0 Å². The summed E-state index contributed by atoms with van der Waals surface area (Å²) in [5, 5.41) is 3.36. The van der Waals surface area contributed by atoms with Crippen LogP contribution in [0.25, 0.3) is 0 Å². The highest BCUT2D eigenvalue weighted by Crippen LogP contribution is 2.28. The second kappa shape index (κ2) is 12.4. The van der Waals surface area contributed by atoms with E-state index in [-0.39, 0.29) is 17.7 Å². The van der Waals surface area contributed by atoms with Crippen molar-refractivity contribution >= 4 is 34.8 Å². The first-order valence-corrected chi connectivity index (χ1v) is 12.4. The van der Waals surface area contributed by atoms with Gasteiger partial charge in [-0.3, -0.25) is 9.59 Å². The molecule has 0 aliphatic heterocycles. The molecule has 3 aromatic rings. The Morgan fingerprint density at radius 3 is 2.26 bits per heavy atom. The normalized spacial score (nSPS) is 11.6.